The van der Waals surface area contributed by atoms with Crippen LogP contribution in [0.1, 0.15) is 19.3 Å². The van der Waals surface area contributed by atoms with Crippen LogP contribution in [0.25, 0.3) is 0 Å². The molecule has 0 radical (unpaired) electrons. The molecule has 0 aromatic carbocycles. The molecule has 3 rings (SSSR count). The Morgan fingerprint density at radius 3 is 2.45 bits per heavy atom. The van der Waals surface area contributed by atoms with Gasteiger partial charge < -0.3 is 4.74 Å². The molecule has 0 atom stereocenters. The first-order valence-electron chi connectivity index (χ1n) is 3.73. The molecular formula is C7H12N2O2. The second-order valence-electron chi connectivity index (χ2n) is 3.73. The highest BCUT2D eigenvalue weighted by Gasteiger charge is 2.72. The third kappa shape index (κ3) is 0.636. The Bertz CT molecular complexity index is 195. The molecule has 11 heavy (non-hydrogen) atoms. The highest BCUT2D eigenvalue weighted by atomic mass is 16.5. The molecule has 3 fully saturated rings. The molecule has 0 aromatic rings. The summed E-state index contributed by atoms with van der Waals surface area (Å²) in [5.74, 6) is 5.23. The maximum absolute atomic E-state index is 11.1. The van der Waals surface area contributed by atoms with Crippen molar-refractivity contribution in [2.24, 2.45) is 11.3 Å². The number of hydrogen-bond acceptors (Lipinski definition) is 4. The lowest BCUT2D eigenvalue weighted by Gasteiger charge is -2.67. The molecule has 3 saturated carbocycles. The smallest absolute Gasteiger partial charge is 0.312 e. The Morgan fingerprint density at radius 2 is 2.09 bits per heavy atom. The van der Waals surface area contributed by atoms with E-state index in [0.29, 0.717) is 0 Å². The van der Waals surface area contributed by atoms with Crippen molar-refractivity contribution in [1.29, 1.82) is 0 Å². The minimum Gasteiger partial charge on any atom is -0.469 e. The summed E-state index contributed by atoms with van der Waals surface area (Å²) in [7, 11) is 1.44. The highest BCUT2D eigenvalue weighted by molar-refractivity contribution is 5.81. The van der Waals surface area contributed by atoms with Gasteiger partial charge in [0.1, 0.15) is 0 Å². The second kappa shape index (κ2) is 1.76. The number of hydrogen-bond donors (Lipinski definition) is 2. The Balaban J connectivity index is 1.99. The van der Waals surface area contributed by atoms with E-state index in [2.05, 4.69) is 10.2 Å². The van der Waals surface area contributed by atoms with Gasteiger partial charge in [0.2, 0.25) is 0 Å². The average molecular weight is 156 g/mol. The molecule has 0 amide bonds. The van der Waals surface area contributed by atoms with E-state index in [4.69, 9.17) is 5.84 Å². The zero-order valence-electron chi connectivity index (χ0n) is 6.52. The van der Waals surface area contributed by atoms with Crippen molar-refractivity contribution in [3.8, 4) is 0 Å². The van der Waals surface area contributed by atoms with Gasteiger partial charge in [0.05, 0.1) is 12.5 Å². The molecule has 0 spiro atoms. The van der Waals surface area contributed by atoms with Gasteiger partial charge in [-0.2, -0.15) is 0 Å². The van der Waals surface area contributed by atoms with E-state index in [0.717, 1.165) is 19.3 Å². The number of hydrazine groups is 1. The molecule has 4 nitrogen and oxygen atoms in total. The summed E-state index contributed by atoms with van der Waals surface area (Å²) < 4.78 is 4.68. The molecule has 0 unspecified atom stereocenters. The van der Waals surface area contributed by atoms with Crippen LogP contribution in [0.4, 0.5) is 0 Å². The topological polar surface area (TPSA) is 64.3 Å². The molecule has 0 aromatic heterocycles. The van der Waals surface area contributed by atoms with Crippen LogP contribution in [0.5, 0.6) is 0 Å². The van der Waals surface area contributed by atoms with E-state index >= 15 is 0 Å². The van der Waals surface area contributed by atoms with E-state index in [-0.39, 0.29) is 16.9 Å². The third-order valence-electron chi connectivity index (χ3n) is 2.95. The summed E-state index contributed by atoms with van der Waals surface area (Å²) in [5, 5.41) is 0. The molecule has 0 aliphatic heterocycles. The standard InChI is InChI=1S/C7H12N2O2/c1-11-5(10)6-2-7(3-6,4-6)9-8/h9H,2-4,8H2,1H3. The van der Waals surface area contributed by atoms with Crippen LogP contribution in [0.3, 0.4) is 0 Å². The second-order valence-corrected chi connectivity index (χ2v) is 3.73. The molecule has 3 N–H and O–H groups in total. The number of nitrogens with two attached hydrogens (primary N) is 1. The lowest BCUT2D eigenvalue weighted by molar-refractivity contribution is -0.202. The molecule has 3 aliphatic carbocycles. The third-order valence-corrected chi connectivity index (χ3v) is 2.95. The van der Waals surface area contributed by atoms with Crippen molar-refractivity contribution in [2.75, 3.05) is 7.11 Å². The number of esters is 1. The Morgan fingerprint density at radius 1 is 1.55 bits per heavy atom. The minimum atomic E-state index is -0.166. The van der Waals surface area contributed by atoms with Crippen LogP contribution in [-0.4, -0.2) is 18.6 Å². The number of ether oxygens (including phenoxy) is 1. The van der Waals surface area contributed by atoms with Gasteiger partial charge in [-0.25, -0.2) is 0 Å². The quantitative estimate of drug-likeness (QED) is 0.323. The van der Waals surface area contributed by atoms with Gasteiger partial charge >= 0.3 is 5.97 Å². The fraction of sp³-hybridized carbons (Fsp3) is 0.857. The predicted octanol–water partition coefficient (Wildman–Crippen LogP) is -0.455. The summed E-state index contributed by atoms with van der Waals surface area (Å²) in [4.78, 5) is 11.1. The highest BCUT2D eigenvalue weighted by Crippen LogP contribution is 2.67. The van der Waals surface area contributed by atoms with Gasteiger partial charge in [0.25, 0.3) is 0 Å². The van der Waals surface area contributed by atoms with Crippen LogP contribution in [0.2, 0.25) is 0 Å². The fourth-order valence-corrected chi connectivity index (χ4v) is 2.37. The number of methoxy groups -OCH3 is 1. The van der Waals surface area contributed by atoms with Crippen molar-refractivity contribution < 1.29 is 9.53 Å². The van der Waals surface area contributed by atoms with E-state index in [1.54, 1.807) is 0 Å². The molecule has 3 aliphatic rings. The number of nitrogens with one attached hydrogen (secondary N) is 1. The largest absolute Gasteiger partial charge is 0.469 e. The van der Waals surface area contributed by atoms with Gasteiger partial charge in [-0.1, -0.05) is 0 Å². The summed E-state index contributed by atoms with van der Waals surface area (Å²) in [6, 6.07) is 0. The monoisotopic (exact) mass is 156 g/mol. The minimum absolute atomic E-state index is 0.0744. The van der Waals surface area contributed by atoms with Crippen LogP contribution >= 0.6 is 0 Å². The lowest BCUT2D eigenvalue weighted by Crippen LogP contribution is -2.77. The van der Waals surface area contributed by atoms with Crippen LogP contribution < -0.4 is 11.3 Å². The molecular weight excluding hydrogens is 144 g/mol. The van der Waals surface area contributed by atoms with Crippen molar-refractivity contribution in [3.05, 3.63) is 0 Å². The summed E-state index contributed by atoms with van der Waals surface area (Å²) in [6.45, 7) is 0. The van der Waals surface area contributed by atoms with Crippen LogP contribution in [0.15, 0.2) is 0 Å². The summed E-state index contributed by atoms with van der Waals surface area (Å²) >= 11 is 0. The first-order chi connectivity index (χ1) is 5.16. The fourth-order valence-electron chi connectivity index (χ4n) is 2.37. The van der Waals surface area contributed by atoms with Crippen molar-refractivity contribution in [2.45, 2.75) is 24.8 Å². The van der Waals surface area contributed by atoms with Crippen LogP contribution in [-0.2, 0) is 9.53 Å². The number of carbonyl (C=O) groups is 1. The molecule has 4 heteroatoms. The van der Waals surface area contributed by atoms with E-state index in [1.165, 1.54) is 7.11 Å². The normalized spacial score (nSPS) is 45.6. The summed E-state index contributed by atoms with van der Waals surface area (Å²) in [5.41, 5.74) is 2.65. The van der Waals surface area contributed by atoms with Gasteiger partial charge in [0, 0.05) is 5.54 Å². The van der Waals surface area contributed by atoms with Crippen molar-refractivity contribution in [3.63, 3.8) is 0 Å². The SMILES string of the molecule is COC(=O)C12CC(NN)(C1)C2. The zero-order chi connectivity index (χ0) is 8.11. The molecule has 0 saturated heterocycles. The van der Waals surface area contributed by atoms with Crippen LogP contribution in [0, 0.1) is 5.41 Å². The summed E-state index contributed by atoms with van der Waals surface area (Å²) in [6.07, 6.45) is 2.55. The van der Waals surface area contributed by atoms with Gasteiger partial charge in [-0.3, -0.25) is 16.1 Å². The first-order valence-corrected chi connectivity index (χ1v) is 3.73. The first kappa shape index (κ1) is 7.06. The zero-order valence-corrected chi connectivity index (χ0v) is 6.52. The Kier molecular flexibility index (Phi) is 1.13. The Hall–Kier alpha value is -0.610. The number of rotatable bonds is 2. The van der Waals surface area contributed by atoms with E-state index in [1.807, 2.05) is 0 Å². The van der Waals surface area contributed by atoms with Crippen molar-refractivity contribution in [1.82, 2.24) is 5.43 Å². The predicted molar refractivity (Wildman–Crippen MR) is 38.4 cm³/mol. The molecule has 62 valence electrons. The lowest BCUT2D eigenvalue weighted by atomic mass is 9.39. The van der Waals surface area contributed by atoms with Gasteiger partial charge in [-0.15, -0.1) is 0 Å². The maximum atomic E-state index is 11.1. The Labute approximate surface area is 65.1 Å². The molecule has 2 bridgehead atoms. The van der Waals surface area contributed by atoms with Crippen molar-refractivity contribution >= 4 is 5.97 Å². The van der Waals surface area contributed by atoms with Gasteiger partial charge in [-0.05, 0) is 19.3 Å². The number of carbonyl (C=O) groups excluding carboxylic acids is 1. The maximum Gasteiger partial charge on any atom is 0.312 e. The van der Waals surface area contributed by atoms with E-state index in [9.17, 15) is 4.79 Å². The van der Waals surface area contributed by atoms with Gasteiger partial charge in [0.15, 0.2) is 0 Å². The molecule has 0 heterocycles. The average Bonchev–Trinajstić information content (AvgIpc) is 1.83. The van der Waals surface area contributed by atoms with E-state index < -0.39 is 0 Å².